The summed E-state index contributed by atoms with van der Waals surface area (Å²) in [6.45, 7) is 0. The van der Waals surface area contributed by atoms with Crippen LogP contribution in [0.3, 0.4) is 0 Å². The lowest BCUT2D eigenvalue weighted by Crippen LogP contribution is -2.32. The van der Waals surface area contributed by atoms with Gasteiger partial charge in [-0.2, -0.15) is 5.10 Å². The third-order valence-electron chi connectivity index (χ3n) is 3.54. The summed E-state index contributed by atoms with van der Waals surface area (Å²) in [5.41, 5.74) is 3.68. The lowest BCUT2D eigenvalue weighted by atomic mass is 10.1. The van der Waals surface area contributed by atoms with Crippen LogP contribution < -0.4 is 10.7 Å². The second kappa shape index (κ2) is 8.96. The number of hydrogen-bond donors (Lipinski definition) is 2. The zero-order valence-corrected chi connectivity index (χ0v) is 14.3. The summed E-state index contributed by atoms with van der Waals surface area (Å²) in [7, 11) is 0. The molecule has 0 bridgehead atoms. The maximum Gasteiger partial charge on any atom is 0.287 e. The summed E-state index contributed by atoms with van der Waals surface area (Å²) in [6.07, 6.45) is 4.46. The number of hydrogen-bond acceptors (Lipinski definition) is 4. The first-order valence-electron chi connectivity index (χ1n) is 8.22. The number of carbonyl (C=O) groups is 2. The molecule has 2 amide bonds. The molecule has 0 fully saturated rings. The lowest BCUT2D eigenvalue weighted by Gasteiger charge is -2.09. The summed E-state index contributed by atoms with van der Waals surface area (Å²) in [5.74, 6) is -0.439. The number of furan rings is 1. The Hall–Kier alpha value is -3.93. The van der Waals surface area contributed by atoms with Gasteiger partial charge in [-0.1, -0.05) is 48.5 Å². The van der Waals surface area contributed by atoms with Gasteiger partial charge in [-0.15, -0.1) is 0 Å². The summed E-state index contributed by atoms with van der Waals surface area (Å²) >= 11 is 0. The van der Waals surface area contributed by atoms with Crippen molar-refractivity contribution in [3.05, 3.63) is 102 Å². The highest BCUT2D eigenvalue weighted by Gasteiger charge is 2.14. The van der Waals surface area contributed by atoms with E-state index in [4.69, 9.17) is 4.42 Å². The van der Waals surface area contributed by atoms with Gasteiger partial charge in [0.2, 0.25) is 0 Å². The van der Waals surface area contributed by atoms with Crippen molar-refractivity contribution in [3.8, 4) is 0 Å². The second-order valence-corrected chi connectivity index (χ2v) is 5.50. The third-order valence-corrected chi connectivity index (χ3v) is 3.54. The second-order valence-electron chi connectivity index (χ2n) is 5.50. The topological polar surface area (TPSA) is 83.7 Å². The normalized spacial score (nSPS) is 11.3. The van der Waals surface area contributed by atoms with Gasteiger partial charge in [0, 0.05) is 5.56 Å². The van der Waals surface area contributed by atoms with Crippen molar-refractivity contribution in [2.75, 3.05) is 0 Å². The van der Waals surface area contributed by atoms with Crippen LogP contribution >= 0.6 is 0 Å². The van der Waals surface area contributed by atoms with Crippen LogP contribution in [0, 0.1) is 0 Å². The highest BCUT2D eigenvalue weighted by Crippen LogP contribution is 2.07. The Balaban J connectivity index is 1.78. The van der Waals surface area contributed by atoms with Crippen molar-refractivity contribution in [2.45, 2.75) is 0 Å². The Morgan fingerprint density at radius 3 is 2.26 bits per heavy atom. The minimum absolute atomic E-state index is 0.0756. The van der Waals surface area contributed by atoms with Crippen LogP contribution in [0.2, 0.25) is 0 Å². The number of amides is 2. The molecule has 0 saturated carbocycles. The Bertz CT molecular complexity index is 947. The van der Waals surface area contributed by atoms with Crippen LogP contribution in [-0.2, 0) is 4.79 Å². The molecular formula is C21H17N3O3. The molecule has 2 N–H and O–H groups in total. The minimum Gasteiger partial charge on any atom is -0.463 e. The van der Waals surface area contributed by atoms with Crippen molar-refractivity contribution in [2.24, 2.45) is 5.10 Å². The first-order chi connectivity index (χ1) is 13.2. The van der Waals surface area contributed by atoms with Crippen molar-refractivity contribution >= 4 is 24.1 Å². The van der Waals surface area contributed by atoms with Gasteiger partial charge in [0.25, 0.3) is 11.8 Å². The molecule has 3 aromatic rings. The molecule has 2 aromatic carbocycles. The van der Waals surface area contributed by atoms with Gasteiger partial charge in [0.05, 0.1) is 12.5 Å². The number of nitrogens with zero attached hydrogens (tertiary/aromatic N) is 1. The fourth-order valence-corrected chi connectivity index (χ4v) is 2.24. The largest absolute Gasteiger partial charge is 0.463 e. The average molecular weight is 359 g/mol. The van der Waals surface area contributed by atoms with E-state index in [1.807, 2.05) is 36.4 Å². The molecule has 0 unspecified atom stereocenters. The predicted molar refractivity (Wildman–Crippen MR) is 103 cm³/mol. The van der Waals surface area contributed by atoms with Crippen LogP contribution in [0.15, 0.2) is 94.3 Å². The molecule has 0 spiro atoms. The third kappa shape index (κ3) is 5.27. The van der Waals surface area contributed by atoms with E-state index in [0.717, 1.165) is 5.56 Å². The molecule has 0 aliphatic heterocycles. The highest BCUT2D eigenvalue weighted by atomic mass is 16.3. The smallest absolute Gasteiger partial charge is 0.287 e. The molecule has 0 saturated heterocycles. The Morgan fingerprint density at radius 2 is 1.59 bits per heavy atom. The molecule has 134 valence electrons. The Kier molecular flexibility index (Phi) is 5.93. The van der Waals surface area contributed by atoms with Crippen LogP contribution in [0.25, 0.3) is 6.08 Å². The van der Waals surface area contributed by atoms with Crippen LogP contribution in [0.4, 0.5) is 0 Å². The standard InChI is InChI=1S/C21H17N3O3/c25-20(17-10-5-2-6-11-17)23-19(14-16-8-3-1-4-9-16)21(26)24-22-15-18-12-7-13-27-18/h1-15H,(H,23,25)(H,24,26)/b19-14+,22-15?. The summed E-state index contributed by atoms with van der Waals surface area (Å²) in [5, 5.41) is 6.48. The van der Waals surface area contributed by atoms with E-state index >= 15 is 0 Å². The van der Waals surface area contributed by atoms with Crippen molar-refractivity contribution in [3.63, 3.8) is 0 Å². The van der Waals surface area contributed by atoms with Gasteiger partial charge < -0.3 is 9.73 Å². The first-order valence-corrected chi connectivity index (χ1v) is 8.22. The number of nitrogens with one attached hydrogen (secondary N) is 2. The molecule has 0 aliphatic rings. The van der Waals surface area contributed by atoms with E-state index in [1.54, 1.807) is 42.5 Å². The molecule has 6 nitrogen and oxygen atoms in total. The van der Waals surface area contributed by atoms with E-state index in [-0.39, 0.29) is 11.6 Å². The Labute approximate surface area is 156 Å². The van der Waals surface area contributed by atoms with Crippen LogP contribution in [-0.4, -0.2) is 18.0 Å². The molecule has 0 radical (unpaired) electrons. The van der Waals surface area contributed by atoms with Gasteiger partial charge in [-0.3, -0.25) is 9.59 Å². The Morgan fingerprint density at radius 1 is 0.889 bits per heavy atom. The highest BCUT2D eigenvalue weighted by molar-refractivity contribution is 6.05. The van der Waals surface area contributed by atoms with Gasteiger partial charge in [0.1, 0.15) is 11.5 Å². The van der Waals surface area contributed by atoms with E-state index in [2.05, 4.69) is 15.8 Å². The number of benzene rings is 2. The molecule has 6 heteroatoms. The van der Waals surface area contributed by atoms with Crippen molar-refractivity contribution in [1.29, 1.82) is 0 Å². The van der Waals surface area contributed by atoms with Crippen molar-refractivity contribution < 1.29 is 14.0 Å². The maximum atomic E-state index is 12.5. The fraction of sp³-hybridized carbons (Fsp3) is 0. The molecular weight excluding hydrogens is 342 g/mol. The zero-order chi connectivity index (χ0) is 18.9. The van der Waals surface area contributed by atoms with Crippen LogP contribution in [0.5, 0.6) is 0 Å². The van der Waals surface area contributed by atoms with Gasteiger partial charge in [-0.25, -0.2) is 5.43 Å². The molecule has 3 rings (SSSR count). The average Bonchev–Trinajstić information content (AvgIpc) is 3.22. The van der Waals surface area contributed by atoms with Crippen molar-refractivity contribution in [1.82, 2.24) is 10.7 Å². The first kappa shape index (κ1) is 17.9. The molecule has 0 aliphatic carbocycles. The van der Waals surface area contributed by atoms with E-state index in [0.29, 0.717) is 11.3 Å². The number of carbonyl (C=O) groups excluding carboxylic acids is 2. The monoisotopic (exact) mass is 359 g/mol. The van der Waals surface area contributed by atoms with E-state index < -0.39 is 5.91 Å². The molecule has 1 heterocycles. The van der Waals surface area contributed by atoms with E-state index in [1.165, 1.54) is 12.5 Å². The minimum atomic E-state index is -0.550. The molecule has 27 heavy (non-hydrogen) atoms. The number of rotatable bonds is 6. The van der Waals surface area contributed by atoms with E-state index in [9.17, 15) is 9.59 Å². The molecule has 1 aromatic heterocycles. The quantitative estimate of drug-likeness (QED) is 0.403. The predicted octanol–water partition coefficient (Wildman–Crippen LogP) is 3.20. The number of hydrazone groups is 1. The summed E-state index contributed by atoms with van der Waals surface area (Å²) < 4.78 is 5.11. The zero-order valence-electron chi connectivity index (χ0n) is 14.3. The molecule has 0 atom stereocenters. The lowest BCUT2D eigenvalue weighted by molar-refractivity contribution is -0.117. The maximum absolute atomic E-state index is 12.5. The van der Waals surface area contributed by atoms with Crippen LogP contribution in [0.1, 0.15) is 21.7 Å². The summed E-state index contributed by atoms with van der Waals surface area (Å²) in [4.78, 5) is 24.9. The van der Waals surface area contributed by atoms with Gasteiger partial charge >= 0.3 is 0 Å². The SMILES string of the molecule is O=C(NN=Cc1ccco1)/C(=C\c1ccccc1)NC(=O)c1ccccc1. The fourth-order valence-electron chi connectivity index (χ4n) is 2.24. The van der Waals surface area contributed by atoms with Gasteiger partial charge in [-0.05, 0) is 35.9 Å². The van der Waals surface area contributed by atoms with Gasteiger partial charge in [0.15, 0.2) is 0 Å². The summed E-state index contributed by atoms with van der Waals surface area (Å²) in [6, 6.07) is 21.3.